The van der Waals surface area contributed by atoms with Crippen molar-refractivity contribution in [2.45, 2.75) is 57.8 Å². The fraction of sp³-hybridized carbons (Fsp3) is 0.103. The Hall–Kier alpha value is -11.1. The number of para-hydroxylation sites is 5. The van der Waals surface area contributed by atoms with E-state index >= 15 is 0 Å². The van der Waals surface area contributed by atoms with Crippen molar-refractivity contribution >= 4 is 57.2 Å². The SMILES string of the molecule is CC1(C)c2ccccc2Oc2ccc(-c3cc4c5c(c3)N(c3c(-c6ccccc6)cccc3-c3ccccc3)c3cc6c(cc3B5c3cc5c(cc3N4c3c(-c4ccccc4)cccc3-c3ccccc3)Oc3ccccc3C5(C)C)C(C)(C)c3ccccc3O6)cc21. The average molecular weight is 1200 g/mol. The van der Waals surface area contributed by atoms with Gasteiger partial charge in [0.05, 0.1) is 11.4 Å². The van der Waals surface area contributed by atoms with Gasteiger partial charge in [0.2, 0.25) is 0 Å². The lowest BCUT2D eigenvalue weighted by molar-refractivity contribution is 0.418. The molecular formula is C87H65BN2O3. The Morgan fingerprint density at radius 3 is 0.946 bits per heavy atom. The van der Waals surface area contributed by atoms with Crippen LogP contribution in [0, 0.1) is 0 Å². The van der Waals surface area contributed by atoms with Gasteiger partial charge in [-0.2, -0.15) is 0 Å². The third-order valence-corrected chi connectivity index (χ3v) is 20.8. The largest absolute Gasteiger partial charge is 0.457 e. The van der Waals surface area contributed by atoms with Gasteiger partial charge in [-0.25, -0.2) is 0 Å². The molecule has 5 aliphatic heterocycles. The number of ether oxygens (including phenoxy) is 3. The van der Waals surface area contributed by atoms with Crippen molar-refractivity contribution in [3.05, 3.63) is 318 Å². The summed E-state index contributed by atoms with van der Waals surface area (Å²) in [6, 6.07) is 105. The predicted molar refractivity (Wildman–Crippen MR) is 384 cm³/mol. The van der Waals surface area contributed by atoms with Crippen LogP contribution in [0.5, 0.6) is 34.5 Å². The minimum atomic E-state index is -0.434. The first-order valence-electron chi connectivity index (χ1n) is 32.5. The predicted octanol–water partition coefficient (Wildman–Crippen LogP) is 21.4. The van der Waals surface area contributed by atoms with Crippen molar-refractivity contribution in [1.82, 2.24) is 0 Å². The third-order valence-electron chi connectivity index (χ3n) is 20.8. The van der Waals surface area contributed by atoms with Gasteiger partial charge in [-0.3, -0.25) is 0 Å². The maximum Gasteiger partial charge on any atom is 0.252 e. The van der Waals surface area contributed by atoms with Crippen LogP contribution in [0.15, 0.2) is 285 Å². The summed E-state index contributed by atoms with van der Waals surface area (Å²) in [5.74, 6) is 5.19. The number of hydrogen-bond donors (Lipinski definition) is 0. The summed E-state index contributed by atoms with van der Waals surface area (Å²) in [6.45, 7) is 13.8. The number of anilines is 6. The van der Waals surface area contributed by atoms with Crippen molar-refractivity contribution in [1.29, 1.82) is 0 Å². The molecule has 0 aliphatic carbocycles. The van der Waals surface area contributed by atoms with Crippen LogP contribution >= 0.6 is 0 Å². The van der Waals surface area contributed by atoms with Crippen LogP contribution in [0.1, 0.15) is 74.9 Å². The normalized spacial score (nSPS) is 15.0. The summed E-state index contributed by atoms with van der Waals surface area (Å²) in [5, 5.41) is 0. The topological polar surface area (TPSA) is 34.2 Å². The monoisotopic (exact) mass is 1200 g/mol. The van der Waals surface area contributed by atoms with E-state index in [1.807, 2.05) is 0 Å². The Kier molecular flexibility index (Phi) is 12.1. The molecule has 0 bridgehead atoms. The summed E-state index contributed by atoms with van der Waals surface area (Å²) in [6.07, 6.45) is 0. The first-order chi connectivity index (χ1) is 45.4. The van der Waals surface area contributed by atoms with E-state index in [1.54, 1.807) is 0 Å². The third kappa shape index (κ3) is 8.27. The summed E-state index contributed by atoms with van der Waals surface area (Å²) in [5.41, 5.74) is 26.7. The van der Waals surface area contributed by atoms with E-state index in [-0.39, 0.29) is 12.1 Å². The van der Waals surface area contributed by atoms with Crippen molar-refractivity contribution in [2.75, 3.05) is 9.80 Å². The Labute approximate surface area is 544 Å². The fourth-order valence-electron chi connectivity index (χ4n) is 16.1. The van der Waals surface area contributed by atoms with Gasteiger partial charge < -0.3 is 24.0 Å². The first kappa shape index (κ1) is 54.8. The number of fused-ring (bicyclic) bond motifs is 10. The highest BCUT2D eigenvalue weighted by molar-refractivity contribution is 7.00. The van der Waals surface area contributed by atoms with Crippen LogP contribution in [0.3, 0.4) is 0 Å². The van der Waals surface area contributed by atoms with Gasteiger partial charge in [-0.05, 0) is 92.2 Å². The summed E-state index contributed by atoms with van der Waals surface area (Å²) in [7, 11) is 0. The van der Waals surface area contributed by atoms with Gasteiger partial charge in [0.1, 0.15) is 34.5 Å². The molecule has 0 N–H and O–H groups in total. The second-order valence-corrected chi connectivity index (χ2v) is 27.1. The molecule has 0 radical (unpaired) electrons. The van der Waals surface area contributed by atoms with Gasteiger partial charge in [-0.1, -0.05) is 272 Å². The summed E-state index contributed by atoms with van der Waals surface area (Å²) in [4.78, 5) is 5.26. The zero-order valence-electron chi connectivity index (χ0n) is 52.8. The van der Waals surface area contributed by atoms with E-state index < -0.39 is 10.8 Å². The molecule has 0 atom stereocenters. The molecule has 5 heterocycles. The molecule has 444 valence electrons. The van der Waals surface area contributed by atoms with Crippen molar-refractivity contribution in [3.8, 4) is 90.1 Å². The van der Waals surface area contributed by atoms with E-state index in [1.165, 1.54) is 16.4 Å². The number of hydrogen-bond acceptors (Lipinski definition) is 5. The maximum absolute atomic E-state index is 7.30. The zero-order chi connectivity index (χ0) is 62.5. The lowest BCUT2D eigenvalue weighted by Gasteiger charge is -2.47. The second kappa shape index (κ2) is 20.5. The Bertz CT molecular complexity index is 4850. The Morgan fingerprint density at radius 1 is 0.247 bits per heavy atom. The molecule has 93 heavy (non-hydrogen) atoms. The van der Waals surface area contributed by atoms with Gasteiger partial charge in [-0.15, -0.1) is 0 Å². The summed E-state index contributed by atoms with van der Waals surface area (Å²) >= 11 is 0. The molecule has 0 saturated carbocycles. The molecule has 13 aromatic carbocycles. The van der Waals surface area contributed by atoms with Crippen LogP contribution in [-0.4, -0.2) is 6.71 Å². The highest BCUT2D eigenvalue weighted by Crippen LogP contribution is 2.59. The van der Waals surface area contributed by atoms with Crippen LogP contribution < -0.4 is 40.4 Å². The molecule has 0 amide bonds. The average Bonchev–Trinajstić information content (AvgIpc) is 0.681. The van der Waals surface area contributed by atoms with Crippen LogP contribution in [0.4, 0.5) is 34.1 Å². The first-order valence-corrected chi connectivity index (χ1v) is 32.5. The van der Waals surface area contributed by atoms with Crippen LogP contribution in [0.2, 0.25) is 0 Å². The molecule has 0 unspecified atom stereocenters. The molecule has 13 aromatic rings. The molecule has 0 saturated heterocycles. The van der Waals surface area contributed by atoms with E-state index in [0.29, 0.717) is 0 Å². The molecule has 18 rings (SSSR count). The standard InChI is InChI=1S/C87H65BN2O3/c1-85(2)64-39-19-22-42-76(64)91-79-46-45-58(47-67(79)85)59-48-74-82-75(49-59)90(84-62(56-31-15-9-16-32-56)37-26-38-63(84)57-33-17-10-18-34-57)73-53-81-69(87(5,6)66-41-21-24-44-78(66)93-81)51-71(73)88(82)70-50-68-80(92-77-43-23-20-40-65(77)86(68,3)4)52-72(70)89(74)83-60(54-27-11-7-12-28-54)35-25-36-61(83)55-29-13-8-14-30-55/h7-53H,1-6H3. The van der Waals surface area contributed by atoms with Crippen molar-refractivity contribution < 1.29 is 14.2 Å². The maximum atomic E-state index is 7.30. The molecule has 5 aliphatic rings. The number of nitrogens with zero attached hydrogens (tertiary/aromatic N) is 2. The molecule has 5 nitrogen and oxygen atoms in total. The minimum Gasteiger partial charge on any atom is -0.457 e. The van der Waals surface area contributed by atoms with Crippen molar-refractivity contribution in [3.63, 3.8) is 0 Å². The zero-order valence-corrected chi connectivity index (χ0v) is 52.8. The molecule has 0 aromatic heterocycles. The highest BCUT2D eigenvalue weighted by atomic mass is 16.5. The Morgan fingerprint density at radius 2 is 0.570 bits per heavy atom. The highest BCUT2D eigenvalue weighted by Gasteiger charge is 2.49. The van der Waals surface area contributed by atoms with E-state index in [0.717, 1.165) is 158 Å². The lowest BCUT2D eigenvalue weighted by atomic mass is 9.33. The van der Waals surface area contributed by atoms with Crippen LogP contribution in [0.25, 0.3) is 55.6 Å². The lowest BCUT2D eigenvalue weighted by Crippen LogP contribution is -2.62. The molecule has 0 fully saturated rings. The fourth-order valence-corrected chi connectivity index (χ4v) is 16.1. The molecule has 0 spiro atoms. The molecule has 6 heteroatoms. The van der Waals surface area contributed by atoms with E-state index in [9.17, 15) is 0 Å². The van der Waals surface area contributed by atoms with Gasteiger partial charge in [0, 0.05) is 107 Å². The minimum absolute atomic E-state index is 0.307. The number of rotatable bonds is 7. The van der Waals surface area contributed by atoms with Crippen molar-refractivity contribution in [2.24, 2.45) is 0 Å². The van der Waals surface area contributed by atoms with Crippen LogP contribution in [-0.2, 0) is 16.2 Å². The Balaban J connectivity index is 1.03. The quantitative estimate of drug-likeness (QED) is 0.149. The van der Waals surface area contributed by atoms with Gasteiger partial charge >= 0.3 is 0 Å². The van der Waals surface area contributed by atoms with E-state index in [4.69, 9.17) is 14.2 Å². The van der Waals surface area contributed by atoms with Gasteiger partial charge in [0.15, 0.2) is 0 Å². The second-order valence-electron chi connectivity index (χ2n) is 27.1. The van der Waals surface area contributed by atoms with Gasteiger partial charge in [0.25, 0.3) is 6.71 Å². The van der Waals surface area contributed by atoms with E-state index in [2.05, 4.69) is 336 Å². The smallest absolute Gasteiger partial charge is 0.252 e. The summed E-state index contributed by atoms with van der Waals surface area (Å²) < 4.78 is 21.4. The number of benzene rings is 13. The molecular weight excluding hydrogens is 1130 g/mol.